The molecular formula is C19H28N4O3. The molecule has 0 radical (unpaired) electrons. The lowest BCUT2D eigenvalue weighted by molar-refractivity contribution is -0.152. The highest BCUT2D eigenvalue weighted by Gasteiger charge is 2.34. The van der Waals surface area contributed by atoms with Crippen LogP contribution in [0.5, 0.6) is 0 Å². The number of aryl methyl sites for hydroxylation is 1. The van der Waals surface area contributed by atoms with Crippen molar-refractivity contribution in [1.29, 1.82) is 0 Å². The highest BCUT2D eigenvalue weighted by Crippen LogP contribution is 2.26. The SMILES string of the molecule is CCOC(=O)C1CCCN(C(=O)C2CCN(c3ccc(C)nn3)CC2)C1. The molecule has 0 aliphatic carbocycles. The van der Waals surface area contributed by atoms with Crippen molar-refractivity contribution >= 4 is 17.7 Å². The highest BCUT2D eigenvalue weighted by atomic mass is 16.5. The summed E-state index contributed by atoms with van der Waals surface area (Å²) in [6, 6.07) is 3.95. The minimum Gasteiger partial charge on any atom is -0.466 e. The predicted molar refractivity (Wildman–Crippen MR) is 97.6 cm³/mol. The van der Waals surface area contributed by atoms with Gasteiger partial charge in [-0.25, -0.2) is 0 Å². The second kappa shape index (κ2) is 8.47. The second-order valence-electron chi connectivity index (χ2n) is 7.17. The van der Waals surface area contributed by atoms with Gasteiger partial charge in [0, 0.05) is 32.1 Å². The first kappa shape index (κ1) is 18.6. The number of esters is 1. The fourth-order valence-electron chi connectivity index (χ4n) is 3.80. The summed E-state index contributed by atoms with van der Waals surface area (Å²) in [6.45, 7) is 7.00. The van der Waals surface area contributed by atoms with Crippen molar-refractivity contribution in [1.82, 2.24) is 15.1 Å². The van der Waals surface area contributed by atoms with E-state index in [1.54, 1.807) is 0 Å². The van der Waals surface area contributed by atoms with Gasteiger partial charge in [0.15, 0.2) is 5.82 Å². The molecule has 0 N–H and O–H groups in total. The summed E-state index contributed by atoms with van der Waals surface area (Å²) in [7, 11) is 0. The summed E-state index contributed by atoms with van der Waals surface area (Å²) in [5.41, 5.74) is 0.903. The molecule has 1 unspecified atom stereocenters. The van der Waals surface area contributed by atoms with Crippen LogP contribution < -0.4 is 4.90 Å². The third-order valence-corrected chi connectivity index (χ3v) is 5.30. The zero-order valence-electron chi connectivity index (χ0n) is 15.7. The van der Waals surface area contributed by atoms with Crippen LogP contribution in [-0.2, 0) is 14.3 Å². The Hall–Kier alpha value is -2.18. The predicted octanol–water partition coefficient (Wildman–Crippen LogP) is 1.80. The topological polar surface area (TPSA) is 75.6 Å². The number of carbonyl (C=O) groups excluding carboxylic acids is 2. The third kappa shape index (κ3) is 4.31. The fourth-order valence-corrected chi connectivity index (χ4v) is 3.80. The molecule has 2 saturated heterocycles. The molecule has 3 heterocycles. The minimum atomic E-state index is -0.171. The van der Waals surface area contributed by atoms with E-state index in [1.807, 2.05) is 30.9 Å². The molecule has 0 saturated carbocycles. The number of piperidine rings is 2. The summed E-state index contributed by atoms with van der Waals surface area (Å²) >= 11 is 0. The molecule has 1 aromatic heterocycles. The molecule has 0 bridgehead atoms. The summed E-state index contributed by atoms with van der Waals surface area (Å²) in [5, 5.41) is 8.35. The maximum Gasteiger partial charge on any atom is 0.310 e. The van der Waals surface area contributed by atoms with Crippen LogP contribution in [0.1, 0.15) is 38.3 Å². The molecule has 3 rings (SSSR count). The molecule has 0 spiro atoms. The molecule has 142 valence electrons. The molecule has 2 aliphatic heterocycles. The van der Waals surface area contributed by atoms with Crippen molar-refractivity contribution in [2.45, 2.75) is 39.5 Å². The molecular weight excluding hydrogens is 332 g/mol. The van der Waals surface area contributed by atoms with Crippen LogP contribution in [-0.4, -0.2) is 59.8 Å². The average Bonchev–Trinajstić information content (AvgIpc) is 2.68. The Morgan fingerprint density at radius 2 is 1.88 bits per heavy atom. The number of likely N-dealkylation sites (tertiary alicyclic amines) is 1. The average molecular weight is 360 g/mol. The maximum atomic E-state index is 12.9. The van der Waals surface area contributed by atoms with E-state index in [-0.39, 0.29) is 23.7 Å². The molecule has 7 nitrogen and oxygen atoms in total. The van der Waals surface area contributed by atoms with Gasteiger partial charge in [-0.15, -0.1) is 5.10 Å². The van der Waals surface area contributed by atoms with Crippen LogP contribution in [0.3, 0.4) is 0 Å². The summed E-state index contributed by atoms with van der Waals surface area (Å²) in [6.07, 6.45) is 3.31. The van der Waals surface area contributed by atoms with Gasteiger partial charge in [0.05, 0.1) is 18.2 Å². The Morgan fingerprint density at radius 3 is 2.54 bits per heavy atom. The normalized spacial score (nSPS) is 21.5. The van der Waals surface area contributed by atoms with Crippen molar-refractivity contribution in [2.75, 3.05) is 37.7 Å². The van der Waals surface area contributed by atoms with Gasteiger partial charge in [0.2, 0.25) is 5.91 Å². The van der Waals surface area contributed by atoms with Crippen LogP contribution in [0.25, 0.3) is 0 Å². The van der Waals surface area contributed by atoms with E-state index in [0.29, 0.717) is 13.2 Å². The zero-order valence-corrected chi connectivity index (χ0v) is 15.7. The van der Waals surface area contributed by atoms with Gasteiger partial charge < -0.3 is 14.5 Å². The van der Waals surface area contributed by atoms with Crippen LogP contribution in [0.15, 0.2) is 12.1 Å². The van der Waals surface area contributed by atoms with Crippen LogP contribution in [0, 0.1) is 18.8 Å². The molecule has 1 aromatic rings. The van der Waals surface area contributed by atoms with Crippen molar-refractivity contribution in [2.24, 2.45) is 11.8 Å². The van der Waals surface area contributed by atoms with Crippen LogP contribution >= 0.6 is 0 Å². The summed E-state index contributed by atoms with van der Waals surface area (Å²) in [5.74, 6) is 0.759. The number of ether oxygens (including phenoxy) is 1. The Balaban J connectivity index is 1.53. The lowest BCUT2D eigenvalue weighted by Crippen LogP contribution is -2.47. The Bertz CT molecular complexity index is 626. The Morgan fingerprint density at radius 1 is 1.12 bits per heavy atom. The van der Waals surface area contributed by atoms with E-state index in [2.05, 4.69) is 15.1 Å². The van der Waals surface area contributed by atoms with E-state index in [0.717, 1.165) is 56.8 Å². The van der Waals surface area contributed by atoms with Crippen molar-refractivity contribution in [3.63, 3.8) is 0 Å². The highest BCUT2D eigenvalue weighted by molar-refractivity contribution is 5.80. The minimum absolute atomic E-state index is 0.0330. The molecule has 1 amide bonds. The van der Waals surface area contributed by atoms with E-state index >= 15 is 0 Å². The number of anilines is 1. The van der Waals surface area contributed by atoms with Gasteiger partial charge in [-0.1, -0.05) is 0 Å². The molecule has 1 atom stereocenters. The molecule has 26 heavy (non-hydrogen) atoms. The zero-order chi connectivity index (χ0) is 18.5. The monoisotopic (exact) mass is 360 g/mol. The van der Waals surface area contributed by atoms with Crippen molar-refractivity contribution in [3.8, 4) is 0 Å². The lowest BCUT2D eigenvalue weighted by atomic mass is 9.92. The van der Waals surface area contributed by atoms with Gasteiger partial charge in [-0.3, -0.25) is 9.59 Å². The third-order valence-electron chi connectivity index (χ3n) is 5.30. The number of rotatable bonds is 4. The Kier molecular flexibility index (Phi) is 6.06. The number of aromatic nitrogens is 2. The number of hydrogen-bond donors (Lipinski definition) is 0. The quantitative estimate of drug-likeness (QED) is 0.762. The van der Waals surface area contributed by atoms with Gasteiger partial charge in [0.1, 0.15) is 0 Å². The van der Waals surface area contributed by atoms with E-state index < -0.39 is 0 Å². The summed E-state index contributed by atoms with van der Waals surface area (Å²) in [4.78, 5) is 28.9. The van der Waals surface area contributed by atoms with Gasteiger partial charge in [-0.2, -0.15) is 5.10 Å². The van der Waals surface area contributed by atoms with E-state index in [9.17, 15) is 9.59 Å². The molecule has 0 aromatic carbocycles. The Labute approximate surface area is 154 Å². The largest absolute Gasteiger partial charge is 0.466 e. The lowest BCUT2D eigenvalue weighted by Gasteiger charge is -2.37. The van der Waals surface area contributed by atoms with E-state index in [4.69, 9.17) is 4.74 Å². The standard InChI is InChI=1S/C19H28N4O3/c1-3-26-19(25)16-5-4-10-23(13-16)18(24)15-8-11-22(12-9-15)17-7-6-14(2)20-21-17/h6-7,15-16H,3-5,8-13H2,1-2H3. The van der Waals surface area contributed by atoms with Crippen molar-refractivity contribution < 1.29 is 14.3 Å². The summed E-state index contributed by atoms with van der Waals surface area (Å²) < 4.78 is 5.13. The van der Waals surface area contributed by atoms with Crippen LogP contribution in [0.4, 0.5) is 5.82 Å². The second-order valence-corrected chi connectivity index (χ2v) is 7.17. The molecule has 7 heteroatoms. The number of amides is 1. The fraction of sp³-hybridized carbons (Fsp3) is 0.684. The number of carbonyl (C=O) groups is 2. The molecule has 2 fully saturated rings. The number of nitrogens with zero attached hydrogens (tertiary/aromatic N) is 4. The van der Waals surface area contributed by atoms with Crippen LogP contribution in [0.2, 0.25) is 0 Å². The first-order valence-electron chi connectivity index (χ1n) is 9.59. The van der Waals surface area contributed by atoms with E-state index in [1.165, 1.54) is 0 Å². The smallest absolute Gasteiger partial charge is 0.310 e. The van der Waals surface area contributed by atoms with Gasteiger partial charge in [0.25, 0.3) is 0 Å². The first-order valence-corrected chi connectivity index (χ1v) is 9.59. The first-order chi connectivity index (χ1) is 12.6. The van der Waals surface area contributed by atoms with Crippen molar-refractivity contribution in [3.05, 3.63) is 17.8 Å². The van der Waals surface area contributed by atoms with Gasteiger partial charge >= 0.3 is 5.97 Å². The molecule has 2 aliphatic rings. The van der Waals surface area contributed by atoms with Gasteiger partial charge in [-0.05, 0) is 51.7 Å². The maximum absolute atomic E-state index is 12.9. The number of hydrogen-bond acceptors (Lipinski definition) is 6.